The summed E-state index contributed by atoms with van der Waals surface area (Å²) >= 11 is 5.58. The summed E-state index contributed by atoms with van der Waals surface area (Å²) in [4.78, 5) is 16.2. The Balaban J connectivity index is 2.02. The third-order valence-corrected chi connectivity index (χ3v) is 4.40. The van der Waals surface area contributed by atoms with Gasteiger partial charge in [-0.2, -0.15) is 13.2 Å². The number of carbonyl (C=O) groups excluding carboxylic acids is 1. The summed E-state index contributed by atoms with van der Waals surface area (Å²) in [5.41, 5.74) is -0.606. The van der Waals surface area contributed by atoms with Gasteiger partial charge in [0, 0.05) is 38.3 Å². The molecule has 0 saturated carbocycles. The number of halogens is 4. The number of amides is 1. The molecule has 1 saturated heterocycles. The fraction of sp³-hybridized carbons (Fsp3) is 0.471. The van der Waals surface area contributed by atoms with Gasteiger partial charge in [0.15, 0.2) is 0 Å². The van der Waals surface area contributed by atoms with E-state index in [2.05, 4.69) is 18.7 Å². The number of carbonyl (C=O) groups is 1. The van der Waals surface area contributed by atoms with Crippen LogP contribution < -0.4 is 0 Å². The average molecular weight is 361 g/mol. The lowest BCUT2D eigenvalue weighted by atomic mass is 10.1. The summed E-state index contributed by atoms with van der Waals surface area (Å²) in [6.07, 6.45) is -1.81. The molecule has 0 atom stereocenters. The van der Waals surface area contributed by atoms with Crippen molar-refractivity contribution in [1.29, 1.82) is 0 Å². The van der Waals surface area contributed by atoms with Crippen LogP contribution in [-0.4, -0.2) is 47.9 Å². The number of piperazine rings is 1. The van der Waals surface area contributed by atoms with Gasteiger partial charge < -0.3 is 4.90 Å². The monoisotopic (exact) mass is 360 g/mol. The molecular formula is C17H20ClF3N2O. The summed E-state index contributed by atoms with van der Waals surface area (Å²) < 4.78 is 38.5. The number of hydrogen-bond donors (Lipinski definition) is 0. The first-order chi connectivity index (χ1) is 11.2. The third kappa shape index (κ3) is 4.74. The molecule has 1 aromatic carbocycles. The van der Waals surface area contributed by atoms with Crippen LogP contribution in [0.2, 0.25) is 5.02 Å². The molecule has 0 aromatic heterocycles. The van der Waals surface area contributed by atoms with Gasteiger partial charge in [-0.15, -0.1) is 0 Å². The van der Waals surface area contributed by atoms with E-state index in [1.807, 2.05) is 0 Å². The Hall–Kier alpha value is -1.53. The van der Waals surface area contributed by atoms with Crippen molar-refractivity contribution in [2.75, 3.05) is 26.2 Å². The topological polar surface area (TPSA) is 23.6 Å². The van der Waals surface area contributed by atoms with Gasteiger partial charge in [0.05, 0.1) is 10.6 Å². The van der Waals surface area contributed by atoms with Crippen molar-refractivity contribution in [2.45, 2.75) is 26.1 Å². The largest absolute Gasteiger partial charge is 0.417 e. The zero-order chi connectivity index (χ0) is 17.9. The smallest absolute Gasteiger partial charge is 0.337 e. The molecule has 1 fully saturated rings. The lowest BCUT2D eigenvalue weighted by molar-refractivity contribution is -0.137. The van der Waals surface area contributed by atoms with Crippen LogP contribution >= 0.6 is 11.6 Å². The summed E-state index contributed by atoms with van der Waals surface area (Å²) in [5.74, 6) is -0.193. The van der Waals surface area contributed by atoms with E-state index in [0.717, 1.165) is 19.2 Å². The molecule has 1 aliphatic heterocycles. The summed E-state index contributed by atoms with van der Waals surface area (Å²) in [6, 6.07) is 4.03. The highest BCUT2D eigenvalue weighted by Crippen LogP contribution is 2.35. The maximum atomic E-state index is 12.8. The maximum Gasteiger partial charge on any atom is 0.417 e. The van der Waals surface area contributed by atoms with Crippen LogP contribution in [-0.2, 0) is 11.0 Å². The molecule has 3 nitrogen and oxygen atoms in total. The minimum Gasteiger partial charge on any atom is -0.337 e. The average Bonchev–Trinajstić information content (AvgIpc) is 2.52. The molecule has 7 heteroatoms. The molecule has 1 aromatic rings. The molecule has 0 aliphatic carbocycles. The Bertz CT molecular complexity index is 621. The van der Waals surface area contributed by atoms with E-state index in [9.17, 15) is 18.0 Å². The minimum atomic E-state index is -4.52. The Morgan fingerprint density at radius 3 is 2.38 bits per heavy atom. The highest BCUT2D eigenvalue weighted by atomic mass is 35.5. The second-order valence-corrected chi connectivity index (χ2v) is 6.43. The van der Waals surface area contributed by atoms with Crippen molar-refractivity contribution >= 4 is 23.6 Å². The highest BCUT2D eigenvalue weighted by Gasteiger charge is 2.33. The molecule has 132 valence electrons. The van der Waals surface area contributed by atoms with Gasteiger partial charge in [0.1, 0.15) is 0 Å². The number of benzene rings is 1. The molecule has 1 heterocycles. The van der Waals surface area contributed by atoms with Crippen molar-refractivity contribution in [3.05, 3.63) is 40.4 Å². The Morgan fingerprint density at radius 2 is 1.83 bits per heavy atom. The van der Waals surface area contributed by atoms with Crippen molar-refractivity contribution in [3.8, 4) is 0 Å². The van der Waals surface area contributed by atoms with Crippen LogP contribution in [0, 0.1) is 0 Å². The van der Waals surface area contributed by atoms with Gasteiger partial charge in [0.25, 0.3) is 0 Å². The molecule has 0 unspecified atom stereocenters. The predicted octanol–water partition coefficient (Wildman–Crippen LogP) is 3.92. The van der Waals surface area contributed by atoms with Gasteiger partial charge in [-0.25, -0.2) is 0 Å². The van der Waals surface area contributed by atoms with E-state index in [0.29, 0.717) is 24.7 Å². The van der Waals surface area contributed by atoms with Gasteiger partial charge >= 0.3 is 6.18 Å². The first-order valence-corrected chi connectivity index (χ1v) is 8.14. The number of alkyl halides is 3. The SMILES string of the molecule is CC(C)N1CCN(C(=O)/C=C/c2ccc(Cl)c(C(F)(F)F)c2)CC1. The van der Waals surface area contributed by atoms with Crippen LogP contribution in [0.3, 0.4) is 0 Å². The van der Waals surface area contributed by atoms with E-state index in [1.54, 1.807) is 4.90 Å². The molecule has 0 N–H and O–H groups in total. The lowest BCUT2D eigenvalue weighted by Gasteiger charge is -2.36. The standard InChI is InChI=1S/C17H20ClF3N2O/c1-12(2)22-7-9-23(10-8-22)16(24)6-4-13-3-5-15(18)14(11-13)17(19,20)21/h3-6,11-12H,7-10H2,1-2H3/b6-4+. The Labute approximate surface area is 144 Å². The van der Waals surface area contributed by atoms with Gasteiger partial charge in [0.2, 0.25) is 5.91 Å². The zero-order valence-corrected chi connectivity index (χ0v) is 14.4. The van der Waals surface area contributed by atoms with Crippen LogP contribution in [0.5, 0.6) is 0 Å². The molecule has 0 spiro atoms. The fourth-order valence-corrected chi connectivity index (χ4v) is 2.82. The molecule has 24 heavy (non-hydrogen) atoms. The first kappa shape index (κ1) is 18.8. The van der Waals surface area contributed by atoms with E-state index < -0.39 is 11.7 Å². The molecule has 1 aliphatic rings. The third-order valence-electron chi connectivity index (χ3n) is 4.07. The summed E-state index contributed by atoms with van der Waals surface area (Å²) in [5, 5.41) is -0.351. The number of rotatable bonds is 3. The molecule has 0 bridgehead atoms. The lowest BCUT2D eigenvalue weighted by Crippen LogP contribution is -2.50. The van der Waals surface area contributed by atoms with Crippen LogP contribution in [0.25, 0.3) is 6.08 Å². The molecule has 1 amide bonds. The quantitative estimate of drug-likeness (QED) is 0.763. The number of hydrogen-bond acceptors (Lipinski definition) is 2. The molecule has 2 rings (SSSR count). The normalized spacial score (nSPS) is 17.0. The van der Waals surface area contributed by atoms with E-state index in [4.69, 9.17) is 11.6 Å². The van der Waals surface area contributed by atoms with Gasteiger partial charge in [-0.1, -0.05) is 17.7 Å². The Morgan fingerprint density at radius 1 is 1.21 bits per heavy atom. The maximum absolute atomic E-state index is 12.8. The molecule has 0 radical (unpaired) electrons. The van der Waals surface area contributed by atoms with Crippen LogP contribution in [0.1, 0.15) is 25.0 Å². The highest BCUT2D eigenvalue weighted by molar-refractivity contribution is 6.31. The van der Waals surface area contributed by atoms with Crippen molar-refractivity contribution in [3.63, 3.8) is 0 Å². The first-order valence-electron chi connectivity index (χ1n) is 7.76. The van der Waals surface area contributed by atoms with Crippen molar-refractivity contribution in [2.24, 2.45) is 0 Å². The van der Waals surface area contributed by atoms with Crippen LogP contribution in [0.4, 0.5) is 13.2 Å². The fourth-order valence-electron chi connectivity index (χ4n) is 2.60. The predicted molar refractivity (Wildman–Crippen MR) is 88.8 cm³/mol. The Kier molecular flexibility index (Phi) is 5.93. The number of nitrogens with zero attached hydrogens (tertiary/aromatic N) is 2. The van der Waals surface area contributed by atoms with Gasteiger partial charge in [-0.3, -0.25) is 9.69 Å². The van der Waals surface area contributed by atoms with E-state index in [1.165, 1.54) is 24.3 Å². The zero-order valence-electron chi connectivity index (χ0n) is 13.6. The minimum absolute atomic E-state index is 0.193. The second kappa shape index (κ2) is 7.57. The van der Waals surface area contributed by atoms with E-state index in [-0.39, 0.29) is 10.9 Å². The second-order valence-electron chi connectivity index (χ2n) is 6.03. The summed E-state index contributed by atoms with van der Waals surface area (Å²) in [7, 11) is 0. The molecular weight excluding hydrogens is 341 g/mol. The van der Waals surface area contributed by atoms with E-state index >= 15 is 0 Å². The van der Waals surface area contributed by atoms with Gasteiger partial charge in [-0.05, 0) is 37.6 Å². The van der Waals surface area contributed by atoms with Crippen molar-refractivity contribution in [1.82, 2.24) is 9.80 Å². The summed E-state index contributed by atoms with van der Waals surface area (Å²) in [6.45, 7) is 7.06. The van der Waals surface area contributed by atoms with Crippen LogP contribution in [0.15, 0.2) is 24.3 Å². The van der Waals surface area contributed by atoms with Crippen molar-refractivity contribution < 1.29 is 18.0 Å².